The predicted octanol–water partition coefficient (Wildman–Crippen LogP) is 4.54. The zero-order valence-corrected chi connectivity index (χ0v) is 15.0. The highest BCUT2D eigenvalue weighted by Crippen LogP contribution is 2.32. The monoisotopic (exact) mass is 368 g/mol. The lowest BCUT2D eigenvalue weighted by Crippen LogP contribution is -2.31. The minimum atomic E-state index is 0.359. The minimum absolute atomic E-state index is 0.359. The summed E-state index contributed by atoms with van der Waals surface area (Å²) in [6, 6.07) is 4.60. The smallest absolute Gasteiger partial charge is 0.149 e. The van der Waals surface area contributed by atoms with Crippen molar-refractivity contribution >= 4 is 38.9 Å². The van der Waals surface area contributed by atoms with E-state index in [0.717, 1.165) is 35.6 Å². The van der Waals surface area contributed by atoms with Gasteiger partial charge >= 0.3 is 0 Å². The molecule has 21 heavy (non-hydrogen) atoms. The summed E-state index contributed by atoms with van der Waals surface area (Å²) in [6.07, 6.45) is 2.69. The maximum atomic E-state index is 4.48. The van der Waals surface area contributed by atoms with Gasteiger partial charge in [-0.15, -0.1) is 11.3 Å². The third-order valence-corrected chi connectivity index (χ3v) is 4.71. The second-order valence-corrected chi connectivity index (χ2v) is 6.91. The third-order valence-electron chi connectivity index (χ3n) is 3.12. The summed E-state index contributed by atoms with van der Waals surface area (Å²) < 4.78 is 0.934. The van der Waals surface area contributed by atoms with Crippen LogP contribution < -0.4 is 10.2 Å². The van der Waals surface area contributed by atoms with Gasteiger partial charge in [-0.2, -0.15) is 0 Å². The maximum absolute atomic E-state index is 4.48. The summed E-state index contributed by atoms with van der Waals surface area (Å²) in [7, 11) is 0. The fourth-order valence-corrected chi connectivity index (χ4v) is 3.28. The van der Waals surface area contributed by atoms with Crippen molar-refractivity contribution in [3.8, 4) is 0 Å². The SMILES string of the molecule is CCCNc1ncnc(N(Cc2cccs2)C(C)C)c1Br. The van der Waals surface area contributed by atoms with Gasteiger partial charge in [0.2, 0.25) is 0 Å². The molecule has 4 nitrogen and oxygen atoms in total. The van der Waals surface area contributed by atoms with Crippen LogP contribution in [0, 0.1) is 0 Å². The fourth-order valence-electron chi connectivity index (χ4n) is 2.00. The molecule has 114 valence electrons. The Labute approximate surface area is 138 Å². The molecule has 0 aliphatic carbocycles. The first-order chi connectivity index (χ1) is 10.1. The third kappa shape index (κ3) is 4.17. The summed E-state index contributed by atoms with van der Waals surface area (Å²) in [5, 5.41) is 5.44. The Bertz CT molecular complexity index is 557. The standard InChI is InChI=1S/C15H21BrN4S/c1-4-7-17-14-13(16)15(19-10-18-14)20(11(2)3)9-12-6-5-8-21-12/h5-6,8,10-11H,4,7,9H2,1-3H3,(H,17,18,19). The van der Waals surface area contributed by atoms with Gasteiger partial charge in [-0.05, 0) is 47.6 Å². The number of nitrogens with one attached hydrogen (secondary N) is 1. The van der Waals surface area contributed by atoms with Crippen molar-refractivity contribution in [1.29, 1.82) is 0 Å². The summed E-state index contributed by atoms with van der Waals surface area (Å²) in [5.74, 6) is 1.80. The van der Waals surface area contributed by atoms with Crippen LogP contribution in [0.5, 0.6) is 0 Å². The lowest BCUT2D eigenvalue weighted by molar-refractivity contribution is 0.674. The number of anilines is 2. The number of hydrogen-bond acceptors (Lipinski definition) is 5. The molecule has 0 saturated heterocycles. The topological polar surface area (TPSA) is 41.1 Å². The van der Waals surface area contributed by atoms with Crippen LogP contribution in [0.2, 0.25) is 0 Å². The number of hydrogen-bond donors (Lipinski definition) is 1. The molecule has 6 heteroatoms. The highest BCUT2D eigenvalue weighted by Gasteiger charge is 2.18. The van der Waals surface area contributed by atoms with Crippen LogP contribution in [-0.2, 0) is 6.54 Å². The average molecular weight is 369 g/mol. The van der Waals surface area contributed by atoms with Crippen LogP contribution in [0.25, 0.3) is 0 Å². The second-order valence-electron chi connectivity index (χ2n) is 5.09. The molecule has 0 spiro atoms. The number of nitrogens with zero attached hydrogens (tertiary/aromatic N) is 3. The van der Waals surface area contributed by atoms with Crippen LogP contribution in [0.15, 0.2) is 28.3 Å². The molecule has 1 N–H and O–H groups in total. The van der Waals surface area contributed by atoms with E-state index in [1.54, 1.807) is 17.7 Å². The zero-order chi connectivity index (χ0) is 15.2. The van der Waals surface area contributed by atoms with E-state index in [-0.39, 0.29) is 0 Å². The summed E-state index contributed by atoms with van der Waals surface area (Å²) in [5.41, 5.74) is 0. The van der Waals surface area contributed by atoms with Gasteiger partial charge in [0.15, 0.2) is 0 Å². The van der Waals surface area contributed by atoms with E-state index in [0.29, 0.717) is 6.04 Å². The van der Waals surface area contributed by atoms with E-state index < -0.39 is 0 Å². The Morgan fingerprint density at radius 2 is 2.19 bits per heavy atom. The van der Waals surface area contributed by atoms with E-state index in [9.17, 15) is 0 Å². The van der Waals surface area contributed by atoms with Crippen molar-refractivity contribution in [1.82, 2.24) is 9.97 Å². The lowest BCUT2D eigenvalue weighted by Gasteiger charge is -2.28. The van der Waals surface area contributed by atoms with E-state index in [1.807, 2.05) is 0 Å². The van der Waals surface area contributed by atoms with Gasteiger partial charge in [0.1, 0.15) is 22.4 Å². The Hall–Kier alpha value is -1.14. The van der Waals surface area contributed by atoms with Gasteiger partial charge in [0, 0.05) is 17.5 Å². The number of rotatable bonds is 7. The Morgan fingerprint density at radius 1 is 1.38 bits per heavy atom. The summed E-state index contributed by atoms with van der Waals surface area (Å²) >= 11 is 5.43. The van der Waals surface area contributed by atoms with Crippen LogP contribution in [0.3, 0.4) is 0 Å². The van der Waals surface area contributed by atoms with E-state index in [4.69, 9.17) is 0 Å². The molecule has 2 heterocycles. The first-order valence-electron chi connectivity index (χ1n) is 7.16. The summed E-state index contributed by atoms with van der Waals surface area (Å²) in [4.78, 5) is 12.4. The molecule has 0 aliphatic rings. The molecule has 0 bridgehead atoms. The molecule has 0 radical (unpaired) electrons. The van der Waals surface area contributed by atoms with E-state index >= 15 is 0 Å². The molecule has 0 unspecified atom stereocenters. The van der Waals surface area contributed by atoms with Crippen LogP contribution in [0.1, 0.15) is 32.1 Å². The fraction of sp³-hybridized carbons (Fsp3) is 0.467. The van der Waals surface area contributed by atoms with Gasteiger partial charge in [0.05, 0.1) is 6.54 Å². The summed E-state index contributed by atoms with van der Waals surface area (Å²) in [6.45, 7) is 8.27. The highest BCUT2D eigenvalue weighted by molar-refractivity contribution is 9.10. The number of aromatic nitrogens is 2. The molecule has 0 saturated carbocycles. The largest absolute Gasteiger partial charge is 0.369 e. The van der Waals surface area contributed by atoms with Crippen molar-refractivity contribution < 1.29 is 0 Å². The first-order valence-corrected chi connectivity index (χ1v) is 8.84. The van der Waals surface area contributed by atoms with Gasteiger partial charge in [-0.3, -0.25) is 0 Å². The molecule has 2 rings (SSSR count). The average Bonchev–Trinajstić information content (AvgIpc) is 2.97. The van der Waals surface area contributed by atoms with Gasteiger partial charge in [0.25, 0.3) is 0 Å². The predicted molar refractivity (Wildman–Crippen MR) is 94.2 cm³/mol. The second kappa shape index (κ2) is 7.75. The molecule has 0 amide bonds. The first kappa shape index (κ1) is 16.2. The molecule has 0 fully saturated rings. The van der Waals surface area contributed by atoms with Crippen LogP contribution >= 0.6 is 27.3 Å². The van der Waals surface area contributed by atoms with Gasteiger partial charge in [-0.25, -0.2) is 9.97 Å². The highest BCUT2D eigenvalue weighted by atomic mass is 79.9. The van der Waals surface area contributed by atoms with Crippen molar-refractivity contribution in [3.05, 3.63) is 33.2 Å². The lowest BCUT2D eigenvalue weighted by atomic mass is 10.3. The van der Waals surface area contributed by atoms with Crippen molar-refractivity contribution in [2.75, 3.05) is 16.8 Å². The molecule has 2 aromatic rings. The quantitative estimate of drug-likeness (QED) is 0.778. The van der Waals surface area contributed by atoms with E-state index in [2.05, 4.69) is 74.4 Å². The maximum Gasteiger partial charge on any atom is 0.149 e. The van der Waals surface area contributed by atoms with Crippen molar-refractivity contribution in [2.24, 2.45) is 0 Å². The Kier molecular flexibility index (Phi) is 5.99. The minimum Gasteiger partial charge on any atom is -0.369 e. The molecule has 0 atom stereocenters. The van der Waals surface area contributed by atoms with Crippen molar-refractivity contribution in [2.45, 2.75) is 39.8 Å². The zero-order valence-electron chi connectivity index (χ0n) is 12.6. The molecular formula is C15H21BrN4S. The molecule has 2 aromatic heterocycles. The van der Waals surface area contributed by atoms with Gasteiger partial charge in [-0.1, -0.05) is 13.0 Å². The molecular weight excluding hydrogens is 348 g/mol. The van der Waals surface area contributed by atoms with Crippen molar-refractivity contribution in [3.63, 3.8) is 0 Å². The van der Waals surface area contributed by atoms with Crippen LogP contribution in [-0.4, -0.2) is 22.6 Å². The Morgan fingerprint density at radius 3 is 2.81 bits per heavy atom. The molecule has 0 aromatic carbocycles. The Balaban J connectivity index is 2.27. The van der Waals surface area contributed by atoms with E-state index in [1.165, 1.54) is 4.88 Å². The number of thiophene rings is 1. The number of halogens is 1. The normalized spacial score (nSPS) is 10.9. The van der Waals surface area contributed by atoms with Gasteiger partial charge < -0.3 is 10.2 Å². The molecule has 0 aliphatic heterocycles. The van der Waals surface area contributed by atoms with Crippen LogP contribution in [0.4, 0.5) is 11.6 Å².